The minimum atomic E-state index is -4.48. The number of hydrogen-bond acceptors (Lipinski definition) is 5. The number of aromatic nitrogens is 2. The van der Waals surface area contributed by atoms with Gasteiger partial charge in [0.1, 0.15) is 12.6 Å². The second kappa shape index (κ2) is 10.4. The van der Waals surface area contributed by atoms with E-state index < -0.39 is 17.8 Å². The van der Waals surface area contributed by atoms with Gasteiger partial charge in [0.2, 0.25) is 17.6 Å². The van der Waals surface area contributed by atoms with Crippen LogP contribution in [0, 0.1) is 5.92 Å². The van der Waals surface area contributed by atoms with Crippen molar-refractivity contribution in [3.05, 3.63) is 71.6 Å². The third-order valence-electron chi connectivity index (χ3n) is 5.03. The maximum absolute atomic E-state index is 13.0. The van der Waals surface area contributed by atoms with Gasteiger partial charge in [-0.25, -0.2) is 0 Å². The van der Waals surface area contributed by atoms with E-state index in [0.717, 1.165) is 17.7 Å². The molecule has 1 heterocycles. The van der Waals surface area contributed by atoms with Crippen molar-refractivity contribution in [3.8, 4) is 11.4 Å². The first-order valence-corrected chi connectivity index (χ1v) is 10.2. The number of nitrogens with one attached hydrogen (secondary N) is 1. The highest BCUT2D eigenvalue weighted by Crippen LogP contribution is 2.32. The first-order chi connectivity index (χ1) is 15.3. The molecular weight excluding hydrogens is 423 g/mol. The lowest BCUT2D eigenvalue weighted by Gasteiger charge is -2.20. The maximum Gasteiger partial charge on any atom is 0.416 e. The Morgan fingerprint density at radius 1 is 1.16 bits per heavy atom. The zero-order valence-electron chi connectivity index (χ0n) is 17.7. The highest BCUT2D eigenvalue weighted by molar-refractivity contribution is 5.77. The SMILES string of the molecule is CC[C@H](C)[C@@H](NC(=O)COCc1ccccc1)c1nc(-c2cccc(C(F)(F)F)c2)no1. The Morgan fingerprint density at radius 3 is 2.59 bits per heavy atom. The van der Waals surface area contributed by atoms with E-state index in [1.54, 1.807) is 0 Å². The number of ether oxygens (including phenoxy) is 1. The van der Waals surface area contributed by atoms with Gasteiger partial charge in [-0.05, 0) is 23.6 Å². The Kier molecular flexibility index (Phi) is 7.63. The molecule has 3 aromatic rings. The molecule has 0 fully saturated rings. The summed E-state index contributed by atoms with van der Waals surface area (Å²) in [5.41, 5.74) is 0.320. The van der Waals surface area contributed by atoms with E-state index in [4.69, 9.17) is 9.26 Å². The van der Waals surface area contributed by atoms with Crippen LogP contribution in [0.25, 0.3) is 11.4 Å². The molecule has 2 atom stereocenters. The van der Waals surface area contributed by atoms with Gasteiger partial charge in [0.15, 0.2) is 0 Å². The van der Waals surface area contributed by atoms with Gasteiger partial charge in [0, 0.05) is 5.56 Å². The lowest BCUT2D eigenvalue weighted by molar-refractivity contribution is -0.137. The molecule has 170 valence electrons. The summed E-state index contributed by atoms with van der Waals surface area (Å²) >= 11 is 0. The number of nitrogens with zero attached hydrogens (tertiary/aromatic N) is 2. The molecule has 1 aromatic heterocycles. The molecule has 0 saturated heterocycles. The summed E-state index contributed by atoms with van der Waals surface area (Å²) in [7, 11) is 0. The minimum absolute atomic E-state index is 0.0222. The third kappa shape index (κ3) is 6.16. The molecule has 9 heteroatoms. The monoisotopic (exact) mass is 447 g/mol. The van der Waals surface area contributed by atoms with Crippen molar-refractivity contribution in [2.24, 2.45) is 5.92 Å². The van der Waals surface area contributed by atoms with E-state index in [1.807, 2.05) is 44.2 Å². The molecule has 0 spiro atoms. The van der Waals surface area contributed by atoms with Crippen LogP contribution in [0.15, 0.2) is 59.1 Å². The predicted octanol–water partition coefficient (Wildman–Crippen LogP) is 5.18. The van der Waals surface area contributed by atoms with Crippen LogP contribution >= 0.6 is 0 Å². The molecule has 1 N–H and O–H groups in total. The summed E-state index contributed by atoms with van der Waals surface area (Å²) in [5, 5.41) is 6.65. The molecule has 0 aliphatic heterocycles. The second-order valence-corrected chi connectivity index (χ2v) is 7.44. The van der Waals surface area contributed by atoms with Crippen LogP contribution in [-0.2, 0) is 22.3 Å². The van der Waals surface area contributed by atoms with E-state index in [1.165, 1.54) is 12.1 Å². The summed E-state index contributed by atoms with van der Waals surface area (Å²) in [6.07, 6.45) is -3.77. The van der Waals surface area contributed by atoms with Crippen molar-refractivity contribution < 1.29 is 27.2 Å². The summed E-state index contributed by atoms with van der Waals surface area (Å²) in [5.74, 6) is -0.259. The summed E-state index contributed by atoms with van der Waals surface area (Å²) in [6.45, 7) is 3.99. The van der Waals surface area contributed by atoms with Gasteiger partial charge in [0.25, 0.3) is 0 Å². The number of rotatable bonds is 9. The second-order valence-electron chi connectivity index (χ2n) is 7.44. The summed E-state index contributed by atoms with van der Waals surface area (Å²) < 4.78 is 49.8. The Labute approximate surface area is 183 Å². The fourth-order valence-corrected chi connectivity index (χ4v) is 3.05. The minimum Gasteiger partial charge on any atom is -0.367 e. The fraction of sp³-hybridized carbons (Fsp3) is 0.348. The molecule has 0 bridgehead atoms. The molecule has 3 rings (SSSR count). The van der Waals surface area contributed by atoms with Gasteiger partial charge in [-0.1, -0.05) is 67.9 Å². The van der Waals surface area contributed by atoms with Crippen molar-refractivity contribution in [2.45, 2.75) is 39.1 Å². The van der Waals surface area contributed by atoms with Crippen LogP contribution in [0.3, 0.4) is 0 Å². The number of amides is 1. The topological polar surface area (TPSA) is 77.2 Å². The average Bonchev–Trinajstić information content (AvgIpc) is 3.27. The highest BCUT2D eigenvalue weighted by Gasteiger charge is 2.31. The van der Waals surface area contributed by atoms with E-state index in [2.05, 4.69) is 15.5 Å². The Balaban J connectivity index is 1.69. The van der Waals surface area contributed by atoms with Crippen LogP contribution < -0.4 is 5.32 Å². The van der Waals surface area contributed by atoms with Gasteiger partial charge in [-0.15, -0.1) is 0 Å². The molecule has 6 nitrogen and oxygen atoms in total. The number of halogens is 3. The van der Waals surface area contributed by atoms with E-state index in [9.17, 15) is 18.0 Å². The summed E-state index contributed by atoms with van der Waals surface area (Å²) in [6, 6.07) is 13.5. The number of benzene rings is 2. The zero-order chi connectivity index (χ0) is 23.1. The van der Waals surface area contributed by atoms with Gasteiger partial charge >= 0.3 is 6.18 Å². The van der Waals surface area contributed by atoms with Gasteiger partial charge in [-0.2, -0.15) is 18.2 Å². The molecular formula is C23H24F3N3O3. The lowest BCUT2D eigenvalue weighted by atomic mass is 9.99. The van der Waals surface area contributed by atoms with Gasteiger partial charge < -0.3 is 14.6 Å². The molecule has 0 aliphatic carbocycles. The van der Waals surface area contributed by atoms with Gasteiger partial charge in [0.05, 0.1) is 12.2 Å². The van der Waals surface area contributed by atoms with Crippen LogP contribution in [0.2, 0.25) is 0 Å². The molecule has 2 aromatic carbocycles. The van der Waals surface area contributed by atoms with Crippen LogP contribution in [0.5, 0.6) is 0 Å². The van der Waals surface area contributed by atoms with Crippen LogP contribution in [-0.4, -0.2) is 22.7 Å². The molecule has 0 unspecified atom stereocenters. The highest BCUT2D eigenvalue weighted by atomic mass is 19.4. The number of hydrogen-bond donors (Lipinski definition) is 1. The van der Waals surface area contributed by atoms with Crippen molar-refractivity contribution in [2.75, 3.05) is 6.61 Å². The first kappa shape index (κ1) is 23.5. The molecule has 0 radical (unpaired) electrons. The van der Waals surface area contributed by atoms with E-state index in [-0.39, 0.29) is 35.7 Å². The fourth-order valence-electron chi connectivity index (χ4n) is 3.05. The van der Waals surface area contributed by atoms with Crippen molar-refractivity contribution >= 4 is 5.91 Å². The Hall–Kier alpha value is -3.20. The smallest absolute Gasteiger partial charge is 0.367 e. The largest absolute Gasteiger partial charge is 0.416 e. The molecule has 0 saturated carbocycles. The van der Waals surface area contributed by atoms with Crippen molar-refractivity contribution in [1.82, 2.24) is 15.5 Å². The lowest BCUT2D eigenvalue weighted by Crippen LogP contribution is -2.35. The number of carbonyl (C=O) groups is 1. The Morgan fingerprint density at radius 2 is 1.91 bits per heavy atom. The maximum atomic E-state index is 13.0. The van der Waals surface area contributed by atoms with E-state index >= 15 is 0 Å². The quantitative estimate of drug-likeness (QED) is 0.489. The standard InChI is InChI=1S/C23H24F3N3O3/c1-3-15(2)20(27-19(30)14-31-13-16-8-5-4-6-9-16)22-28-21(29-32-22)17-10-7-11-18(12-17)23(24,25)26/h4-12,15,20H,3,13-14H2,1-2H3,(H,27,30)/t15-,20+/m0/s1. The normalized spacial score (nSPS) is 13.5. The molecule has 32 heavy (non-hydrogen) atoms. The van der Waals surface area contributed by atoms with Gasteiger partial charge in [-0.3, -0.25) is 4.79 Å². The first-order valence-electron chi connectivity index (χ1n) is 10.2. The van der Waals surface area contributed by atoms with Crippen LogP contribution in [0.4, 0.5) is 13.2 Å². The van der Waals surface area contributed by atoms with E-state index in [0.29, 0.717) is 13.0 Å². The number of alkyl halides is 3. The van der Waals surface area contributed by atoms with Crippen molar-refractivity contribution in [3.63, 3.8) is 0 Å². The zero-order valence-corrected chi connectivity index (χ0v) is 17.7. The Bertz CT molecular complexity index is 1020. The van der Waals surface area contributed by atoms with Crippen LogP contribution in [0.1, 0.15) is 43.3 Å². The summed E-state index contributed by atoms with van der Waals surface area (Å²) in [4.78, 5) is 16.7. The molecule has 1 amide bonds. The van der Waals surface area contributed by atoms with Crippen molar-refractivity contribution in [1.29, 1.82) is 0 Å². The average molecular weight is 447 g/mol. The molecule has 0 aliphatic rings. The third-order valence-corrected chi connectivity index (χ3v) is 5.03. The predicted molar refractivity (Wildman–Crippen MR) is 111 cm³/mol. The number of carbonyl (C=O) groups excluding carboxylic acids is 1.